The number of carbonyl (C=O) groups is 2. The van der Waals surface area contributed by atoms with Crippen LogP contribution in [0.3, 0.4) is 0 Å². The van der Waals surface area contributed by atoms with Crippen LogP contribution >= 0.6 is 9.24 Å². The summed E-state index contributed by atoms with van der Waals surface area (Å²) in [5, 5.41) is 2.45. The molecule has 1 N–H and O–H groups in total. The Morgan fingerprint density at radius 2 is 2.60 bits per heavy atom. The number of ether oxygens (including phenoxy) is 1. The third-order valence-electron chi connectivity index (χ3n) is 1.18. The van der Waals surface area contributed by atoms with Gasteiger partial charge in [0.25, 0.3) is 0 Å². The van der Waals surface area contributed by atoms with Gasteiger partial charge in [0.05, 0.1) is 6.54 Å². The van der Waals surface area contributed by atoms with Crippen molar-refractivity contribution in [2.75, 3.05) is 6.54 Å². The molecular formula is C5H8NO3P. The summed E-state index contributed by atoms with van der Waals surface area (Å²) in [5.41, 5.74) is -0.0403. The van der Waals surface area contributed by atoms with Crippen molar-refractivity contribution in [2.24, 2.45) is 0 Å². The zero-order chi connectivity index (χ0) is 7.56. The molecule has 10 heavy (non-hydrogen) atoms. The standard InChI is InChI=1S/C5H8NO3P/c7-4(10)1-3-2-6-5(8)9-3/h3H,1-2,10H2,(H,6,8). The van der Waals surface area contributed by atoms with E-state index in [1.165, 1.54) is 0 Å². The van der Waals surface area contributed by atoms with Crippen molar-refractivity contribution in [3.05, 3.63) is 0 Å². The molecule has 56 valence electrons. The fourth-order valence-electron chi connectivity index (χ4n) is 0.770. The molecule has 1 aliphatic rings. The maximum atomic E-state index is 10.5. The summed E-state index contributed by atoms with van der Waals surface area (Å²) in [5.74, 6) is 0. The highest BCUT2D eigenvalue weighted by Gasteiger charge is 2.23. The van der Waals surface area contributed by atoms with Crippen molar-refractivity contribution < 1.29 is 14.3 Å². The minimum Gasteiger partial charge on any atom is -0.444 e. The summed E-state index contributed by atoms with van der Waals surface area (Å²) >= 11 is 0. The minimum absolute atomic E-state index is 0.0403. The monoisotopic (exact) mass is 161 g/mol. The van der Waals surface area contributed by atoms with E-state index in [2.05, 4.69) is 10.1 Å². The largest absolute Gasteiger partial charge is 0.444 e. The lowest BCUT2D eigenvalue weighted by atomic mass is 10.3. The first-order chi connectivity index (χ1) is 4.68. The molecular weight excluding hydrogens is 153 g/mol. The second-order valence-corrected chi connectivity index (χ2v) is 2.72. The number of hydrogen-bond acceptors (Lipinski definition) is 3. The molecule has 2 atom stereocenters. The van der Waals surface area contributed by atoms with Gasteiger partial charge in [0.15, 0.2) is 5.52 Å². The summed E-state index contributed by atoms with van der Waals surface area (Å²) in [7, 11) is 2.04. The van der Waals surface area contributed by atoms with E-state index in [0.717, 1.165) is 0 Å². The van der Waals surface area contributed by atoms with Crippen LogP contribution in [-0.2, 0) is 9.53 Å². The normalized spacial score (nSPS) is 23.7. The maximum absolute atomic E-state index is 10.5. The van der Waals surface area contributed by atoms with Gasteiger partial charge in [-0.3, -0.25) is 4.79 Å². The van der Waals surface area contributed by atoms with Crippen LogP contribution < -0.4 is 5.32 Å². The average molecular weight is 161 g/mol. The van der Waals surface area contributed by atoms with Crippen LogP contribution in [0.1, 0.15) is 6.42 Å². The van der Waals surface area contributed by atoms with Crippen LogP contribution in [-0.4, -0.2) is 24.3 Å². The highest BCUT2D eigenvalue weighted by Crippen LogP contribution is 2.07. The zero-order valence-electron chi connectivity index (χ0n) is 5.29. The molecule has 1 fully saturated rings. The summed E-state index contributed by atoms with van der Waals surface area (Å²) in [6.07, 6.45) is -0.419. The van der Waals surface area contributed by atoms with Crippen LogP contribution in [0, 0.1) is 0 Å². The van der Waals surface area contributed by atoms with Crippen molar-refractivity contribution in [3.63, 3.8) is 0 Å². The lowest BCUT2D eigenvalue weighted by molar-refractivity contribution is -0.112. The van der Waals surface area contributed by atoms with Gasteiger partial charge < -0.3 is 10.1 Å². The molecule has 0 spiro atoms. The Kier molecular flexibility index (Phi) is 2.22. The number of alkyl carbamates (subject to hydrolysis) is 1. The molecule has 1 amide bonds. The Bertz CT molecular complexity index is 170. The number of cyclic esters (lactones) is 1. The number of rotatable bonds is 2. The fraction of sp³-hybridized carbons (Fsp3) is 0.600. The van der Waals surface area contributed by atoms with E-state index in [1.54, 1.807) is 0 Å². The Morgan fingerprint density at radius 3 is 3.00 bits per heavy atom. The number of nitrogens with one attached hydrogen (secondary N) is 1. The average Bonchev–Trinajstić information content (AvgIpc) is 2.13. The van der Waals surface area contributed by atoms with Crippen molar-refractivity contribution in [2.45, 2.75) is 12.5 Å². The van der Waals surface area contributed by atoms with Crippen LogP contribution in [0.15, 0.2) is 0 Å². The molecule has 4 nitrogen and oxygen atoms in total. The van der Waals surface area contributed by atoms with Crippen molar-refractivity contribution in [1.82, 2.24) is 5.32 Å². The van der Waals surface area contributed by atoms with Gasteiger partial charge in [-0.2, -0.15) is 0 Å². The van der Waals surface area contributed by atoms with Crippen molar-refractivity contribution in [3.8, 4) is 0 Å². The summed E-state index contributed by atoms with van der Waals surface area (Å²) in [4.78, 5) is 20.8. The van der Waals surface area contributed by atoms with Gasteiger partial charge in [0.1, 0.15) is 6.10 Å². The Balaban J connectivity index is 2.31. The van der Waals surface area contributed by atoms with Gasteiger partial charge in [-0.25, -0.2) is 4.79 Å². The Morgan fingerprint density at radius 1 is 1.90 bits per heavy atom. The Labute approximate surface area is 60.5 Å². The lowest BCUT2D eigenvalue weighted by Crippen LogP contribution is -2.16. The van der Waals surface area contributed by atoms with Crippen LogP contribution in [0.4, 0.5) is 4.79 Å². The summed E-state index contributed by atoms with van der Waals surface area (Å²) in [6.45, 7) is 0.443. The third kappa shape index (κ3) is 1.95. The van der Waals surface area contributed by atoms with Crippen LogP contribution in [0.25, 0.3) is 0 Å². The molecule has 0 aromatic rings. The van der Waals surface area contributed by atoms with E-state index in [4.69, 9.17) is 0 Å². The SMILES string of the molecule is O=C(P)CC1CNC(=O)O1. The minimum atomic E-state index is -0.434. The predicted molar refractivity (Wildman–Crippen MR) is 37.6 cm³/mol. The number of carbonyl (C=O) groups excluding carboxylic acids is 2. The second-order valence-electron chi connectivity index (χ2n) is 2.08. The first-order valence-corrected chi connectivity index (χ1v) is 3.49. The van der Waals surface area contributed by atoms with Gasteiger partial charge in [-0.1, -0.05) is 9.24 Å². The van der Waals surface area contributed by atoms with Gasteiger partial charge >= 0.3 is 6.09 Å². The highest BCUT2D eigenvalue weighted by atomic mass is 31.0. The van der Waals surface area contributed by atoms with E-state index in [-0.39, 0.29) is 18.0 Å². The van der Waals surface area contributed by atoms with E-state index < -0.39 is 6.09 Å². The molecule has 0 aromatic heterocycles. The van der Waals surface area contributed by atoms with Crippen molar-refractivity contribution in [1.29, 1.82) is 0 Å². The molecule has 1 rings (SSSR count). The maximum Gasteiger partial charge on any atom is 0.407 e. The molecule has 0 radical (unpaired) electrons. The molecule has 5 heteroatoms. The van der Waals surface area contributed by atoms with Crippen LogP contribution in [0.2, 0.25) is 0 Å². The van der Waals surface area contributed by atoms with E-state index >= 15 is 0 Å². The van der Waals surface area contributed by atoms with Gasteiger partial charge in [-0.15, -0.1) is 0 Å². The molecule has 1 heterocycles. The quantitative estimate of drug-likeness (QED) is 0.574. The fourth-order valence-corrected chi connectivity index (χ4v) is 1.03. The first kappa shape index (κ1) is 7.48. The molecule has 0 bridgehead atoms. The molecule has 0 saturated carbocycles. The molecule has 0 aromatic carbocycles. The van der Waals surface area contributed by atoms with Gasteiger partial charge in [0.2, 0.25) is 0 Å². The van der Waals surface area contributed by atoms with Crippen LogP contribution in [0.5, 0.6) is 0 Å². The highest BCUT2D eigenvalue weighted by molar-refractivity contribution is 7.40. The zero-order valence-corrected chi connectivity index (χ0v) is 6.45. The predicted octanol–water partition coefficient (Wildman–Crippen LogP) is -0.113. The number of hydrogen-bond donors (Lipinski definition) is 1. The summed E-state index contributed by atoms with van der Waals surface area (Å²) in [6, 6.07) is 0. The number of amides is 1. The topological polar surface area (TPSA) is 55.4 Å². The molecule has 0 aliphatic carbocycles. The second kappa shape index (κ2) is 2.97. The smallest absolute Gasteiger partial charge is 0.407 e. The first-order valence-electron chi connectivity index (χ1n) is 2.91. The van der Waals surface area contributed by atoms with E-state index in [1.807, 2.05) is 9.24 Å². The van der Waals surface area contributed by atoms with E-state index in [0.29, 0.717) is 6.54 Å². The Hall–Kier alpha value is -0.630. The molecule has 1 saturated heterocycles. The molecule has 1 aliphatic heterocycles. The molecule has 2 unspecified atom stereocenters. The van der Waals surface area contributed by atoms with Gasteiger partial charge in [-0.05, 0) is 0 Å². The van der Waals surface area contributed by atoms with Crippen molar-refractivity contribution >= 4 is 20.9 Å². The third-order valence-corrected chi connectivity index (χ3v) is 1.41. The lowest BCUT2D eigenvalue weighted by Gasteiger charge is -2.01. The summed E-state index contributed by atoms with van der Waals surface area (Å²) < 4.78 is 4.69. The van der Waals surface area contributed by atoms with Gasteiger partial charge in [0, 0.05) is 6.42 Å². The van der Waals surface area contributed by atoms with E-state index in [9.17, 15) is 9.59 Å².